The Morgan fingerprint density at radius 3 is 2.83 bits per heavy atom. The van der Waals surface area contributed by atoms with E-state index in [4.69, 9.17) is 4.74 Å². The molecule has 0 saturated heterocycles. The van der Waals surface area contributed by atoms with Crippen molar-refractivity contribution in [3.63, 3.8) is 0 Å². The Kier molecular flexibility index (Phi) is 5.77. The second kappa shape index (κ2) is 7.10. The molecule has 1 amide bonds. The molecule has 1 heterocycles. The standard InChI is InChI=1S/C12H15BrN2O3/c1-3-8(2)15-11(16)7-18-12(17)9-4-10(13)6-14-5-9/h4-6,8H,3,7H2,1-2H3,(H,15,16)/t8-/m1/s1. The number of nitrogens with one attached hydrogen (secondary N) is 1. The summed E-state index contributed by atoms with van der Waals surface area (Å²) in [5, 5.41) is 2.71. The second-order valence-electron chi connectivity index (χ2n) is 3.84. The predicted molar refractivity (Wildman–Crippen MR) is 70.1 cm³/mol. The first-order valence-electron chi connectivity index (χ1n) is 5.60. The van der Waals surface area contributed by atoms with Crippen molar-refractivity contribution >= 4 is 27.8 Å². The molecule has 1 atom stereocenters. The lowest BCUT2D eigenvalue weighted by Crippen LogP contribution is -2.35. The SMILES string of the molecule is CC[C@@H](C)NC(=O)COC(=O)c1cncc(Br)c1. The summed E-state index contributed by atoms with van der Waals surface area (Å²) >= 11 is 3.20. The lowest BCUT2D eigenvalue weighted by atomic mass is 10.2. The smallest absolute Gasteiger partial charge is 0.340 e. The molecule has 98 valence electrons. The van der Waals surface area contributed by atoms with Crippen LogP contribution in [0.3, 0.4) is 0 Å². The lowest BCUT2D eigenvalue weighted by Gasteiger charge is -2.11. The molecule has 6 heteroatoms. The Bertz CT molecular complexity index is 437. The normalized spacial score (nSPS) is 11.7. The van der Waals surface area contributed by atoms with Gasteiger partial charge in [0.1, 0.15) is 0 Å². The Morgan fingerprint density at radius 1 is 1.50 bits per heavy atom. The molecule has 0 aromatic carbocycles. The molecule has 0 aliphatic rings. The number of amides is 1. The Hall–Kier alpha value is -1.43. The molecular weight excluding hydrogens is 300 g/mol. The summed E-state index contributed by atoms with van der Waals surface area (Å²) in [5.74, 6) is -0.872. The molecule has 0 fully saturated rings. The highest BCUT2D eigenvalue weighted by Gasteiger charge is 2.11. The average molecular weight is 315 g/mol. The van der Waals surface area contributed by atoms with E-state index in [0.717, 1.165) is 6.42 Å². The molecule has 0 radical (unpaired) electrons. The van der Waals surface area contributed by atoms with Gasteiger partial charge in [0, 0.05) is 22.9 Å². The quantitative estimate of drug-likeness (QED) is 0.843. The molecule has 0 bridgehead atoms. The number of esters is 1. The van der Waals surface area contributed by atoms with Crippen molar-refractivity contribution in [3.8, 4) is 0 Å². The van der Waals surface area contributed by atoms with Gasteiger partial charge in [-0.2, -0.15) is 0 Å². The molecule has 0 unspecified atom stereocenters. The molecule has 0 saturated carbocycles. The van der Waals surface area contributed by atoms with Gasteiger partial charge in [-0.1, -0.05) is 6.92 Å². The molecule has 5 nitrogen and oxygen atoms in total. The van der Waals surface area contributed by atoms with E-state index >= 15 is 0 Å². The first kappa shape index (κ1) is 14.6. The van der Waals surface area contributed by atoms with Gasteiger partial charge in [-0.15, -0.1) is 0 Å². The van der Waals surface area contributed by atoms with E-state index in [0.29, 0.717) is 10.0 Å². The minimum atomic E-state index is -0.567. The minimum Gasteiger partial charge on any atom is -0.452 e. The Morgan fingerprint density at radius 2 is 2.22 bits per heavy atom. The van der Waals surface area contributed by atoms with E-state index < -0.39 is 5.97 Å². The van der Waals surface area contributed by atoms with E-state index in [1.807, 2.05) is 13.8 Å². The van der Waals surface area contributed by atoms with Crippen LogP contribution in [0.1, 0.15) is 30.6 Å². The lowest BCUT2D eigenvalue weighted by molar-refractivity contribution is -0.124. The molecule has 18 heavy (non-hydrogen) atoms. The van der Waals surface area contributed by atoms with E-state index in [9.17, 15) is 9.59 Å². The third-order valence-corrected chi connectivity index (χ3v) is 2.73. The molecule has 0 aliphatic carbocycles. The van der Waals surface area contributed by atoms with Gasteiger partial charge in [0.15, 0.2) is 6.61 Å². The number of aromatic nitrogens is 1. The van der Waals surface area contributed by atoms with Crippen LogP contribution in [-0.2, 0) is 9.53 Å². The predicted octanol–water partition coefficient (Wildman–Crippen LogP) is 1.92. The van der Waals surface area contributed by atoms with Crippen molar-refractivity contribution < 1.29 is 14.3 Å². The van der Waals surface area contributed by atoms with Gasteiger partial charge in [0.2, 0.25) is 0 Å². The summed E-state index contributed by atoms with van der Waals surface area (Å²) in [7, 11) is 0. The third kappa shape index (κ3) is 4.83. The zero-order valence-electron chi connectivity index (χ0n) is 10.3. The summed E-state index contributed by atoms with van der Waals surface area (Å²) < 4.78 is 5.56. The van der Waals surface area contributed by atoms with Crippen LogP contribution < -0.4 is 5.32 Å². The van der Waals surface area contributed by atoms with E-state index in [2.05, 4.69) is 26.2 Å². The average Bonchev–Trinajstić information content (AvgIpc) is 2.35. The third-order valence-electron chi connectivity index (χ3n) is 2.29. The number of halogens is 1. The summed E-state index contributed by atoms with van der Waals surface area (Å²) in [6.07, 6.45) is 3.78. The fourth-order valence-electron chi connectivity index (χ4n) is 1.16. The molecule has 0 aliphatic heterocycles. The van der Waals surface area contributed by atoms with Crippen molar-refractivity contribution in [2.75, 3.05) is 6.61 Å². The molecule has 1 rings (SSSR count). The monoisotopic (exact) mass is 314 g/mol. The van der Waals surface area contributed by atoms with Crippen LogP contribution in [0.25, 0.3) is 0 Å². The van der Waals surface area contributed by atoms with Gasteiger partial charge in [-0.25, -0.2) is 4.79 Å². The van der Waals surface area contributed by atoms with Crippen molar-refractivity contribution in [1.29, 1.82) is 0 Å². The van der Waals surface area contributed by atoms with Crippen LogP contribution in [-0.4, -0.2) is 29.5 Å². The Balaban J connectivity index is 2.44. The number of hydrogen-bond donors (Lipinski definition) is 1. The van der Waals surface area contributed by atoms with Gasteiger partial charge in [0.25, 0.3) is 5.91 Å². The second-order valence-corrected chi connectivity index (χ2v) is 4.76. The van der Waals surface area contributed by atoms with Gasteiger partial charge >= 0.3 is 5.97 Å². The van der Waals surface area contributed by atoms with Crippen LogP contribution in [0, 0.1) is 0 Å². The van der Waals surface area contributed by atoms with Crippen molar-refractivity contribution in [3.05, 3.63) is 28.5 Å². The minimum absolute atomic E-state index is 0.0729. The number of pyridine rings is 1. The summed E-state index contributed by atoms with van der Waals surface area (Å²) in [5.41, 5.74) is 0.306. The molecule has 0 spiro atoms. The molecule has 1 aromatic rings. The number of carbonyl (C=O) groups is 2. The number of nitrogens with zero attached hydrogens (tertiary/aromatic N) is 1. The Labute approximate surface area is 114 Å². The highest BCUT2D eigenvalue weighted by molar-refractivity contribution is 9.10. The van der Waals surface area contributed by atoms with E-state index in [-0.39, 0.29) is 18.6 Å². The maximum absolute atomic E-state index is 11.6. The molecular formula is C12H15BrN2O3. The van der Waals surface area contributed by atoms with Gasteiger partial charge < -0.3 is 10.1 Å². The molecule has 1 aromatic heterocycles. The van der Waals surface area contributed by atoms with Crippen LogP contribution in [0.15, 0.2) is 22.9 Å². The maximum Gasteiger partial charge on any atom is 0.340 e. The van der Waals surface area contributed by atoms with Crippen LogP contribution in [0.5, 0.6) is 0 Å². The largest absolute Gasteiger partial charge is 0.452 e. The summed E-state index contributed by atoms with van der Waals surface area (Å²) in [4.78, 5) is 26.8. The number of hydrogen-bond acceptors (Lipinski definition) is 4. The van der Waals surface area contributed by atoms with Crippen molar-refractivity contribution in [2.45, 2.75) is 26.3 Å². The fraction of sp³-hybridized carbons (Fsp3) is 0.417. The van der Waals surface area contributed by atoms with Crippen LogP contribution in [0.2, 0.25) is 0 Å². The summed E-state index contributed by atoms with van der Waals surface area (Å²) in [6.45, 7) is 3.57. The fourth-order valence-corrected chi connectivity index (χ4v) is 1.52. The van der Waals surface area contributed by atoms with Crippen LogP contribution >= 0.6 is 15.9 Å². The van der Waals surface area contributed by atoms with Crippen LogP contribution in [0.4, 0.5) is 0 Å². The zero-order valence-corrected chi connectivity index (χ0v) is 11.9. The molecule has 1 N–H and O–H groups in total. The van der Waals surface area contributed by atoms with Gasteiger partial charge in [0.05, 0.1) is 5.56 Å². The highest BCUT2D eigenvalue weighted by Crippen LogP contribution is 2.10. The first-order chi connectivity index (χ1) is 8.52. The highest BCUT2D eigenvalue weighted by atomic mass is 79.9. The van der Waals surface area contributed by atoms with E-state index in [1.54, 1.807) is 12.3 Å². The van der Waals surface area contributed by atoms with Gasteiger partial charge in [-0.3, -0.25) is 9.78 Å². The zero-order chi connectivity index (χ0) is 13.5. The number of rotatable bonds is 5. The van der Waals surface area contributed by atoms with E-state index in [1.165, 1.54) is 6.20 Å². The van der Waals surface area contributed by atoms with Crippen molar-refractivity contribution in [2.24, 2.45) is 0 Å². The topological polar surface area (TPSA) is 68.3 Å². The van der Waals surface area contributed by atoms with Gasteiger partial charge in [-0.05, 0) is 35.3 Å². The summed E-state index contributed by atoms with van der Waals surface area (Å²) in [6, 6.07) is 1.66. The first-order valence-corrected chi connectivity index (χ1v) is 6.39. The number of ether oxygens (including phenoxy) is 1. The maximum atomic E-state index is 11.6. The van der Waals surface area contributed by atoms with Crippen molar-refractivity contribution in [1.82, 2.24) is 10.3 Å². The number of carbonyl (C=O) groups excluding carboxylic acids is 2.